The van der Waals surface area contributed by atoms with Crippen LogP contribution in [0.2, 0.25) is 0 Å². The fourth-order valence-electron chi connectivity index (χ4n) is 3.61. The lowest BCUT2D eigenvalue weighted by Gasteiger charge is -2.25. The minimum atomic E-state index is -0.916. The molecule has 1 aliphatic heterocycles. The smallest absolute Gasteiger partial charge is 0.266 e. The van der Waals surface area contributed by atoms with Crippen molar-refractivity contribution in [3.63, 3.8) is 0 Å². The van der Waals surface area contributed by atoms with Gasteiger partial charge in [0.25, 0.3) is 5.91 Å². The molecule has 1 aromatic heterocycles. The number of nitrogens with one attached hydrogen (secondary N) is 2. The molecule has 1 atom stereocenters. The van der Waals surface area contributed by atoms with Gasteiger partial charge in [-0.2, -0.15) is 0 Å². The van der Waals surface area contributed by atoms with Gasteiger partial charge in [0.1, 0.15) is 22.7 Å². The summed E-state index contributed by atoms with van der Waals surface area (Å²) in [5, 5.41) is 7.43. The molecule has 3 aromatic carbocycles. The van der Waals surface area contributed by atoms with Gasteiger partial charge in [-0.05, 0) is 24.3 Å². The second-order valence-electron chi connectivity index (χ2n) is 6.99. The van der Waals surface area contributed by atoms with Gasteiger partial charge in [-0.15, -0.1) is 0 Å². The highest BCUT2D eigenvalue weighted by atomic mass is 16.5. The van der Waals surface area contributed by atoms with E-state index in [4.69, 9.17) is 13.9 Å². The first-order chi connectivity index (χ1) is 14.6. The van der Waals surface area contributed by atoms with Crippen molar-refractivity contribution >= 4 is 45.1 Å². The van der Waals surface area contributed by atoms with Crippen molar-refractivity contribution in [1.82, 2.24) is 0 Å². The second kappa shape index (κ2) is 7.11. The number of methoxy groups -OCH3 is 1. The van der Waals surface area contributed by atoms with Crippen molar-refractivity contribution in [1.29, 1.82) is 0 Å². The second-order valence-corrected chi connectivity index (χ2v) is 6.99. The summed E-state index contributed by atoms with van der Waals surface area (Å²) in [7, 11) is 1.54. The summed E-state index contributed by atoms with van der Waals surface area (Å²) in [5.74, 6) is 0.310. The summed E-state index contributed by atoms with van der Waals surface area (Å²) >= 11 is 0. The van der Waals surface area contributed by atoms with Crippen LogP contribution in [-0.4, -0.2) is 25.0 Å². The van der Waals surface area contributed by atoms with Crippen LogP contribution in [0, 0.1) is 0 Å². The minimum Gasteiger partial charge on any atom is -0.495 e. The zero-order chi connectivity index (χ0) is 20.7. The monoisotopic (exact) mass is 402 g/mol. The Kier molecular flexibility index (Phi) is 4.28. The van der Waals surface area contributed by atoms with Gasteiger partial charge in [0.2, 0.25) is 5.91 Å². The number of amides is 2. The number of furan rings is 1. The average Bonchev–Trinajstić information content (AvgIpc) is 3.11. The van der Waals surface area contributed by atoms with Crippen LogP contribution >= 0.6 is 0 Å². The third-order valence-electron chi connectivity index (χ3n) is 5.05. The van der Waals surface area contributed by atoms with Gasteiger partial charge in [0.15, 0.2) is 6.10 Å². The summed E-state index contributed by atoms with van der Waals surface area (Å²) in [6.45, 7) is 0. The number of benzene rings is 3. The molecule has 2 heterocycles. The normalized spacial score (nSPS) is 15.4. The van der Waals surface area contributed by atoms with E-state index >= 15 is 0 Å². The number of rotatable bonds is 4. The molecule has 5 rings (SSSR count). The highest BCUT2D eigenvalue weighted by Crippen LogP contribution is 2.36. The Morgan fingerprint density at radius 3 is 2.73 bits per heavy atom. The number of hydrogen-bond donors (Lipinski definition) is 2. The van der Waals surface area contributed by atoms with Gasteiger partial charge in [0, 0.05) is 16.8 Å². The average molecular weight is 402 g/mol. The Hall–Kier alpha value is -4.00. The summed E-state index contributed by atoms with van der Waals surface area (Å²) in [5.41, 5.74) is 2.44. The van der Waals surface area contributed by atoms with Crippen LogP contribution in [0.1, 0.15) is 6.42 Å². The predicted molar refractivity (Wildman–Crippen MR) is 113 cm³/mol. The van der Waals surface area contributed by atoms with Gasteiger partial charge in [0.05, 0.1) is 24.9 Å². The third-order valence-corrected chi connectivity index (χ3v) is 5.05. The zero-order valence-electron chi connectivity index (χ0n) is 16.1. The van der Waals surface area contributed by atoms with E-state index in [1.807, 2.05) is 30.3 Å². The maximum absolute atomic E-state index is 12.7. The largest absolute Gasteiger partial charge is 0.495 e. The van der Waals surface area contributed by atoms with E-state index in [1.54, 1.807) is 30.3 Å². The Morgan fingerprint density at radius 2 is 1.87 bits per heavy atom. The van der Waals surface area contributed by atoms with Crippen LogP contribution in [0.15, 0.2) is 65.1 Å². The molecule has 0 bridgehead atoms. The van der Waals surface area contributed by atoms with Gasteiger partial charge in [-0.25, -0.2) is 0 Å². The molecule has 0 aliphatic carbocycles. The molecule has 0 radical (unpaired) electrons. The van der Waals surface area contributed by atoms with Crippen molar-refractivity contribution in [3.05, 3.63) is 60.7 Å². The molecule has 1 aliphatic rings. The van der Waals surface area contributed by atoms with E-state index < -0.39 is 6.10 Å². The van der Waals surface area contributed by atoms with E-state index in [1.165, 1.54) is 7.11 Å². The van der Waals surface area contributed by atoms with E-state index in [9.17, 15) is 9.59 Å². The maximum Gasteiger partial charge on any atom is 0.266 e. The molecule has 0 saturated carbocycles. The molecular formula is C23H18N2O5. The lowest BCUT2D eigenvalue weighted by Crippen LogP contribution is -2.39. The van der Waals surface area contributed by atoms with Crippen molar-refractivity contribution in [2.75, 3.05) is 17.7 Å². The Bertz CT molecular complexity index is 1290. The Balaban J connectivity index is 1.39. The molecule has 150 valence electrons. The van der Waals surface area contributed by atoms with Crippen molar-refractivity contribution in [2.24, 2.45) is 0 Å². The molecular weight excluding hydrogens is 384 g/mol. The van der Waals surface area contributed by atoms with Crippen LogP contribution in [0.5, 0.6) is 11.5 Å². The molecule has 7 nitrogen and oxygen atoms in total. The fraction of sp³-hybridized carbons (Fsp3) is 0.130. The predicted octanol–water partition coefficient (Wildman–Crippen LogP) is 4.32. The molecule has 4 aromatic rings. The van der Waals surface area contributed by atoms with Crippen molar-refractivity contribution < 1.29 is 23.5 Å². The van der Waals surface area contributed by atoms with Gasteiger partial charge in [-0.1, -0.05) is 30.3 Å². The molecule has 2 amide bonds. The van der Waals surface area contributed by atoms with Gasteiger partial charge < -0.3 is 24.5 Å². The van der Waals surface area contributed by atoms with E-state index in [0.29, 0.717) is 28.5 Å². The molecule has 0 spiro atoms. The van der Waals surface area contributed by atoms with Crippen molar-refractivity contribution in [2.45, 2.75) is 12.5 Å². The molecule has 0 fully saturated rings. The molecule has 30 heavy (non-hydrogen) atoms. The van der Waals surface area contributed by atoms with E-state index in [0.717, 1.165) is 16.4 Å². The summed E-state index contributed by atoms with van der Waals surface area (Å²) < 4.78 is 17.0. The third kappa shape index (κ3) is 3.10. The SMILES string of the molecule is COc1cc2c(cc1NC(=O)CC1Oc3ccccc3NC1=O)oc1ccccc12. The van der Waals surface area contributed by atoms with Crippen LogP contribution in [-0.2, 0) is 9.59 Å². The fourth-order valence-corrected chi connectivity index (χ4v) is 3.61. The number of ether oxygens (including phenoxy) is 2. The number of para-hydroxylation sites is 3. The molecule has 0 saturated heterocycles. The maximum atomic E-state index is 12.7. The Labute approximate surface area is 171 Å². The van der Waals surface area contributed by atoms with E-state index in [-0.39, 0.29) is 18.2 Å². The first-order valence-electron chi connectivity index (χ1n) is 9.48. The van der Waals surface area contributed by atoms with Crippen LogP contribution in [0.4, 0.5) is 11.4 Å². The quantitative estimate of drug-likeness (QED) is 0.531. The number of carbonyl (C=O) groups excluding carboxylic acids is 2. The highest BCUT2D eigenvalue weighted by Gasteiger charge is 2.29. The van der Waals surface area contributed by atoms with E-state index in [2.05, 4.69) is 10.6 Å². The van der Waals surface area contributed by atoms with Crippen LogP contribution in [0.25, 0.3) is 21.9 Å². The highest BCUT2D eigenvalue weighted by molar-refractivity contribution is 6.08. The topological polar surface area (TPSA) is 89.8 Å². The molecule has 1 unspecified atom stereocenters. The lowest BCUT2D eigenvalue weighted by molar-refractivity contribution is -0.128. The minimum absolute atomic E-state index is 0.137. The summed E-state index contributed by atoms with van der Waals surface area (Å²) in [6, 6.07) is 18.4. The van der Waals surface area contributed by atoms with Gasteiger partial charge in [-0.3, -0.25) is 9.59 Å². The van der Waals surface area contributed by atoms with Gasteiger partial charge >= 0.3 is 0 Å². The molecule has 7 heteroatoms. The first kappa shape index (κ1) is 18.1. The zero-order valence-corrected chi connectivity index (χ0v) is 16.1. The van der Waals surface area contributed by atoms with Crippen LogP contribution in [0.3, 0.4) is 0 Å². The number of anilines is 2. The summed E-state index contributed by atoms with van der Waals surface area (Å²) in [6.07, 6.45) is -1.05. The Morgan fingerprint density at radius 1 is 1.07 bits per heavy atom. The number of carbonyl (C=O) groups is 2. The first-order valence-corrected chi connectivity index (χ1v) is 9.48. The van der Waals surface area contributed by atoms with Crippen molar-refractivity contribution in [3.8, 4) is 11.5 Å². The molecule has 2 N–H and O–H groups in total. The van der Waals surface area contributed by atoms with Crippen LogP contribution < -0.4 is 20.1 Å². The number of fused-ring (bicyclic) bond motifs is 4. The standard InChI is InChI=1S/C23H18N2O5/c1-28-20-10-14-13-6-2-4-8-17(13)29-19(14)11-16(20)24-22(26)12-21-23(27)25-15-7-3-5-9-18(15)30-21/h2-11,21H,12H2,1H3,(H,24,26)(H,25,27). The lowest BCUT2D eigenvalue weighted by atomic mass is 10.1. The summed E-state index contributed by atoms with van der Waals surface area (Å²) in [4.78, 5) is 24.9. The number of hydrogen-bond acceptors (Lipinski definition) is 5.